The molecule has 0 aromatic carbocycles. The number of aldehydes is 1. The van der Waals surface area contributed by atoms with Gasteiger partial charge in [0.25, 0.3) is 0 Å². The van der Waals surface area contributed by atoms with Crippen LogP contribution in [0.2, 0.25) is 0 Å². The molecule has 2 atom stereocenters. The van der Waals surface area contributed by atoms with Gasteiger partial charge >= 0.3 is 0 Å². The van der Waals surface area contributed by atoms with Crippen molar-refractivity contribution in [3.63, 3.8) is 0 Å². The van der Waals surface area contributed by atoms with Gasteiger partial charge in [-0.05, 0) is 7.05 Å². The molecule has 6 nitrogen and oxygen atoms in total. The third-order valence-corrected chi connectivity index (χ3v) is 3.96. The second-order valence-corrected chi connectivity index (χ2v) is 5.23. The Balaban J connectivity index is 2.18. The van der Waals surface area contributed by atoms with Crippen molar-refractivity contribution < 1.29 is 9.59 Å². The smallest absolute Gasteiger partial charge is 0.213 e. The molecule has 0 radical (unpaired) electrons. The van der Waals surface area contributed by atoms with Gasteiger partial charge in [0.05, 0.1) is 12.7 Å². The van der Waals surface area contributed by atoms with Crippen LogP contribution in [0.5, 0.6) is 0 Å². The third-order valence-electron chi connectivity index (χ3n) is 3.29. The molecule has 1 aliphatic rings. The topological polar surface area (TPSA) is 66.4 Å². The zero-order valence-electron chi connectivity index (χ0n) is 10.6. The van der Waals surface area contributed by atoms with Gasteiger partial charge in [-0.1, -0.05) is 15.9 Å². The monoisotopic (exact) mass is 326 g/mol. The molecule has 0 N–H and O–H groups in total. The lowest BCUT2D eigenvalue weighted by Crippen LogP contribution is -2.44. The standard InChI is InChI=1S/C12H15BrN4O2/c1-16-8-17(5-9-3-14-7-15-4-9)12(10(16)2-13)11(19)6-18/h3-4,6-7,10,12H,2,5,8H2,1H3. The highest BCUT2D eigenvalue weighted by atomic mass is 79.9. The van der Waals surface area contributed by atoms with E-state index < -0.39 is 6.04 Å². The van der Waals surface area contributed by atoms with E-state index in [9.17, 15) is 9.59 Å². The fraction of sp³-hybridized carbons (Fsp3) is 0.500. The summed E-state index contributed by atoms with van der Waals surface area (Å²) in [5.74, 6) is -0.384. The van der Waals surface area contributed by atoms with Gasteiger partial charge in [-0.15, -0.1) is 0 Å². The molecule has 0 amide bonds. The minimum atomic E-state index is -0.415. The molecule has 1 saturated heterocycles. The summed E-state index contributed by atoms with van der Waals surface area (Å²) in [6.45, 7) is 1.19. The van der Waals surface area contributed by atoms with E-state index >= 15 is 0 Å². The summed E-state index contributed by atoms with van der Waals surface area (Å²) < 4.78 is 0. The van der Waals surface area contributed by atoms with Crippen LogP contribution in [-0.2, 0) is 16.1 Å². The van der Waals surface area contributed by atoms with Crippen LogP contribution >= 0.6 is 15.9 Å². The number of nitrogens with zero attached hydrogens (tertiary/aromatic N) is 4. The van der Waals surface area contributed by atoms with Crippen molar-refractivity contribution in [2.75, 3.05) is 19.0 Å². The molecular weight excluding hydrogens is 312 g/mol. The highest BCUT2D eigenvalue weighted by Gasteiger charge is 2.41. The molecule has 1 aliphatic heterocycles. The van der Waals surface area contributed by atoms with Crippen LogP contribution in [0.1, 0.15) is 5.56 Å². The highest BCUT2D eigenvalue weighted by Crippen LogP contribution is 2.23. The first kappa shape index (κ1) is 14.2. The third kappa shape index (κ3) is 3.05. The van der Waals surface area contributed by atoms with E-state index in [2.05, 4.69) is 30.8 Å². The summed E-state index contributed by atoms with van der Waals surface area (Å²) in [5, 5.41) is 0.648. The highest BCUT2D eigenvalue weighted by molar-refractivity contribution is 9.09. The quantitative estimate of drug-likeness (QED) is 0.434. The van der Waals surface area contributed by atoms with Crippen LogP contribution in [0.4, 0.5) is 0 Å². The second-order valence-electron chi connectivity index (χ2n) is 4.58. The first-order valence-electron chi connectivity index (χ1n) is 5.90. The molecule has 0 bridgehead atoms. The molecule has 0 aliphatic carbocycles. The van der Waals surface area contributed by atoms with E-state index in [1.54, 1.807) is 12.4 Å². The van der Waals surface area contributed by atoms with E-state index in [1.807, 2.05) is 11.9 Å². The maximum Gasteiger partial charge on any atom is 0.213 e. The maximum atomic E-state index is 11.8. The Labute approximate surface area is 119 Å². The Morgan fingerprint density at radius 2 is 2.21 bits per heavy atom. The Morgan fingerprint density at radius 1 is 1.53 bits per heavy atom. The number of Topliss-reactive ketones (excluding diaryl/α,β-unsaturated/α-hetero) is 1. The van der Waals surface area contributed by atoms with Crippen molar-refractivity contribution in [2.24, 2.45) is 0 Å². The number of hydrogen-bond donors (Lipinski definition) is 0. The van der Waals surface area contributed by atoms with Crippen LogP contribution in [0, 0.1) is 0 Å². The number of carbonyl (C=O) groups is 2. The number of halogens is 1. The molecule has 2 unspecified atom stereocenters. The lowest BCUT2D eigenvalue weighted by molar-refractivity contribution is -0.133. The number of aromatic nitrogens is 2. The Morgan fingerprint density at radius 3 is 2.79 bits per heavy atom. The average Bonchev–Trinajstić information content (AvgIpc) is 2.74. The van der Waals surface area contributed by atoms with Crippen LogP contribution in [0.3, 0.4) is 0 Å². The largest absolute Gasteiger partial charge is 0.295 e. The van der Waals surface area contributed by atoms with E-state index in [0.29, 0.717) is 24.8 Å². The normalized spacial score (nSPS) is 24.5. The van der Waals surface area contributed by atoms with E-state index in [1.165, 1.54) is 6.33 Å². The number of ketones is 1. The van der Waals surface area contributed by atoms with Crippen LogP contribution < -0.4 is 0 Å². The lowest BCUT2D eigenvalue weighted by atomic mass is 10.1. The number of alkyl halides is 1. The molecule has 1 fully saturated rings. The molecular formula is C12H15BrN4O2. The van der Waals surface area contributed by atoms with Gasteiger partial charge in [0.1, 0.15) is 6.33 Å². The van der Waals surface area contributed by atoms with Gasteiger partial charge in [-0.3, -0.25) is 19.4 Å². The van der Waals surface area contributed by atoms with E-state index in [0.717, 1.165) is 5.56 Å². The zero-order chi connectivity index (χ0) is 13.8. The van der Waals surface area contributed by atoms with Gasteiger partial charge in [0, 0.05) is 35.9 Å². The summed E-state index contributed by atoms with van der Waals surface area (Å²) in [6.07, 6.45) is 5.32. The van der Waals surface area contributed by atoms with Crippen molar-refractivity contribution in [2.45, 2.75) is 18.6 Å². The minimum absolute atomic E-state index is 0.00216. The van der Waals surface area contributed by atoms with Crippen molar-refractivity contribution >= 4 is 28.0 Å². The average molecular weight is 327 g/mol. The summed E-state index contributed by atoms with van der Waals surface area (Å²) >= 11 is 3.41. The molecule has 102 valence electrons. The number of hydrogen-bond acceptors (Lipinski definition) is 6. The molecule has 0 spiro atoms. The Bertz CT molecular complexity index is 456. The predicted molar refractivity (Wildman–Crippen MR) is 72.6 cm³/mol. The molecule has 2 heterocycles. The summed E-state index contributed by atoms with van der Waals surface area (Å²) in [6, 6.07) is -0.413. The summed E-state index contributed by atoms with van der Waals surface area (Å²) in [4.78, 5) is 34.6. The first-order valence-corrected chi connectivity index (χ1v) is 7.02. The second kappa shape index (κ2) is 6.31. The van der Waals surface area contributed by atoms with Gasteiger partial charge in [0.15, 0.2) is 6.29 Å². The minimum Gasteiger partial charge on any atom is -0.295 e. The summed E-state index contributed by atoms with van der Waals surface area (Å²) in [5.41, 5.74) is 0.926. The molecule has 1 aromatic heterocycles. The molecule has 0 saturated carbocycles. The molecule has 19 heavy (non-hydrogen) atoms. The molecule has 7 heteroatoms. The lowest BCUT2D eigenvalue weighted by Gasteiger charge is -2.23. The van der Waals surface area contributed by atoms with Gasteiger partial charge in [-0.2, -0.15) is 0 Å². The van der Waals surface area contributed by atoms with Crippen LogP contribution in [0.15, 0.2) is 18.7 Å². The van der Waals surface area contributed by atoms with Gasteiger partial charge < -0.3 is 0 Å². The Kier molecular flexibility index (Phi) is 4.73. The van der Waals surface area contributed by atoms with Crippen molar-refractivity contribution in [1.29, 1.82) is 0 Å². The molecule has 2 rings (SSSR count). The van der Waals surface area contributed by atoms with Crippen molar-refractivity contribution in [3.05, 3.63) is 24.3 Å². The number of carbonyl (C=O) groups excluding carboxylic acids is 2. The van der Waals surface area contributed by atoms with Gasteiger partial charge in [-0.25, -0.2) is 9.97 Å². The summed E-state index contributed by atoms with van der Waals surface area (Å²) in [7, 11) is 1.94. The zero-order valence-corrected chi connectivity index (χ0v) is 12.2. The maximum absolute atomic E-state index is 11.8. The fourth-order valence-electron chi connectivity index (χ4n) is 2.40. The van der Waals surface area contributed by atoms with Gasteiger partial charge in [0.2, 0.25) is 5.78 Å². The number of rotatable bonds is 5. The van der Waals surface area contributed by atoms with Crippen LogP contribution in [-0.4, -0.2) is 63.0 Å². The van der Waals surface area contributed by atoms with E-state index in [4.69, 9.17) is 0 Å². The van der Waals surface area contributed by atoms with E-state index in [-0.39, 0.29) is 11.8 Å². The van der Waals surface area contributed by atoms with Crippen molar-refractivity contribution in [1.82, 2.24) is 19.8 Å². The number of likely N-dealkylation sites (N-methyl/N-ethyl adjacent to an activating group) is 1. The van der Waals surface area contributed by atoms with Crippen LogP contribution in [0.25, 0.3) is 0 Å². The Hall–Kier alpha value is -1.18. The SMILES string of the molecule is CN1CN(Cc2cncnc2)C(C(=O)C=O)C1CBr. The first-order chi connectivity index (χ1) is 9.17. The predicted octanol–water partition coefficient (Wildman–Crippen LogP) is 0.0816. The van der Waals surface area contributed by atoms with Crippen molar-refractivity contribution in [3.8, 4) is 0 Å². The molecule has 1 aromatic rings. The fourth-order valence-corrected chi connectivity index (χ4v) is 3.25.